The van der Waals surface area contributed by atoms with Crippen molar-refractivity contribution in [2.24, 2.45) is 0 Å². The van der Waals surface area contributed by atoms with Crippen molar-refractivity contribution in [2.45, 2.75) is 0 Å². The number of hydrogen-bond acceptors (Lipinski definition) is 5. The standard InChI is InChI=1S/C13H11ClINO4S/c1-20-3-2-16-12(18)10(21-13(16)19)5-7-4-8(14)6-9(15)11(7)17/h4-6,17H,2-3H2,1H3/b10-5+. The van der Waals surface area contributed by atoms with E-state index in [9.17, 15) is 14.7 Å². The lowest BCUT2D eigenvalue weighted by Crippen LogP contribution is -2.31. The van der Waals surface area contributed by atoms with Crippen LogP contribution in [0.3, 0.4) is 0 Å². The Hall–Kier alpha value is -0.770. The fourth-order valence-electron chi connectivity index (χ4n) is 1.71. The summed E-state index contributed by atoms with van der Waals surface area (Å²) in [6.45, 7) is 0.489. The molecule has 0 bridgehead atoms. The van der Waals surface area contributed by atoms with E-state index in [1.165, 1.54) is 13.2 Å². The van der Waals surface area contributed by atoms with Gasteiger partial charge in [-0.3, -0.25) is 14.5 Å². The molecule has 1 fully saturated rings. The number of phenolic OH excluding ortho intramolecular Hbond substituents is 1. The van der Waals surface area contributed by atoms with Gasteiger partial charge in [0.05, 0.1) is 21.6 Å². The fraction of sp³-hybridized carbons (Fsp3) is 0.231. The molecule has 0 saturated carbocycles. The van der Waals surface area contributed by atoms with Gasteiger partial charge >= 0.3 is 0 Å². The zero-order valence-corrected chi connectivity index (χ0v) is 14.7. The second kappa shape index (κ2) is 6.99. The second-order valence-corrected chi connectivity index (χ2v) is 6.74. The summed E-state index contributed by atoms with van der Waals surface area (Å²) < 4.78 is 5.45. The van der Waals surface area contributed by atoms with Crippen molar-refractivity contribution in [2.75, 3.05) is 20.3 Å². The maximum absolute atomic E-state index is 12.2. The van der Waals surface area contributed by atoms with Gasteiger partial charge in [0, 0.05) is 17.7 Å². The Bertz CT molecular complexity index is 635. The Morgan fingerprint density at radius 1 is 1.48 bits per heavy atom. The maximum Gasteiger partial charge on any atom is 0.293 e. The van der Waals surface area contributed by atoms with E-state index < -0.39 is 5.91 Å². The number of rotatable bonds is 4. The highest BCUT2D eigenvalue weighted by molar-refractivity contribution is 14.1. The lowest BCUT2D eigenvalue weighted by Gasteiger charge is -2.10. The summed E-state index contributed by atoms with van der Waals surface area (Å²) in [4.78, 5) is 25.3. The number of nitrogens with zero attached hydrogens (tertiary/aromatic N) is 1. The van der Waals surface area contributed by atoms with Gasteiger partial charge in [-0.25, -0.2) is 0 Å². The molecule has 21 heavy (non-hydrogen) atoms. The summed E-state index contributed by atoms with van der Waals surface area (Å²) in [5, 5.41) is 10.1. The summed E-state index contributed by atoms with van der Waals surface area (Å²) in [6, 6.07) is 3.15. The molecular formula is C13H11ClINO4S. The van der Waals surface area contributed by atoms with Gasteiger partial charge in [0.1, 0.15) is 5.75 Å². The van der Waals surface area contributed by atoms with Gasteiger partial charge in [-0.05, 0) is 52.6 Å². The zero-order valence-electron chi connectivity index (χ0n) is 10.9. The predicted octanol–water partition coefficient (Wildman–Crippen LogP) is 3.33. The first-order chi connectivity index (χ1) is 9.93. The van der Waals surface area contributed by atoms with Crippen molar-refractivity contribution < 1.29 is 19.4 Å². The highest BCUT2D eigenvalue weighted by Gasteiger charge is 2.34. The number of thioether (sulfide) groups is 1. The van der Waals surface area contributed by atoms with E-state index in [0.717, 1.165) is 16.7 Å². The average molecular weight is 440 g/mol. The quantitative estimate of drug-likeness (QED) is 0.576. The largest absolute Gasteiger partial charge is 0.506 e. The van der Waals surface area contributed by atoms with Gasteiger partial charge in [0.25, 0.3) is 11.1 Å². The average Bonchev–Trinajstić information content (AvgIpc) is 2.68. The SMILES string of the molecule is COCCN1C(=O)S/C(=C/c2cc(Cl)cc(I)c2O)C1=O. The van der Waals surface area contributed by atoms with Crippen molar-refractivity contribution in [3.05, 3.63) is 31.2 Å². The van der Waals surface area contributed by atoms with Crippen molar-refractivity contribution in [1.82, 2.24) is 4.90 Å². The van der Waals surface area contributed by atoms with Crippen LogP contribution in [0.4, 0.5) is 4.79 Å². The molecule has 0 atom stereocenters. The number of aromatic hydroxyl groups is 1. The molecular weight excluding hydrogens is 429 g/mol. The summed E-state index contributed by atoms with van der Waals surface area (Å²) >= 11 is 8.72. The molecule has 1 aliphatic rings. The number of benzene rings is 1. The maximum atomic E-state index is 12.2. The lowest BCUT2D eigenvalue weighted by molar-refractivity contribution is -0.123. The third-order valence-corrected chi connectivity index (χ3v) is 4.68. The lowest BCUT2D eigenvalue weighted by atomic mass is 10.2. The fourth-order valence-corrected chi connectivity index (χ4v) is 3.63. The number of phenols is 1. The molecule has 8 heteroatoms. The molecule has 2 rings (SSSR count). The molecule has 0 radical (unpaired) electrons. The summed E-state index contributed by atoms with van der Waals surface area (Å²) in [7, 11) is 1.50. The first-order valence-electron chi connectivity index (χ1n) is 5.86. The molecule has 1 aliphatic heterocycles. The molecule has 1 heterocycles. The molecule has 112 valence electrons. The van der Waals surface area contributed by atoms with Crippen LogP contribution in [0.1, 0.15) is 5.56 Å². The molecule has 1 saturated heterocycles. The predicted molar refractivity (Wildman–Crippen MR) is 90.4 cm³/mol. The molecule has 2 amide bonds. The van der Waals surface area contributed by atoms with E-state index in [0.29, 0.717) is 14.2 Å². The number of amides is 2. The Morgan fingerprint density at radius 2 is 2.19 bits per heavy atom. The molecule has 5 nitrogen and oxygen atoms in total. The molecule has 1 aromatic carbocycles. The van der Waals surface area contributed by atoms with Crippen LogP contribution in [0, 0.1) is 3.57 Å². The smallest absolute Gasteiger partial charge is 0.293 e. The minimum absolute atomic E-state index is 0.0312. The van der Waals surface area contributed by atoms with Gasteiger partial charge in [-0.2, -0.15) is 0 Å². The molecule has 0 aliphatic carbocycles. The first kappa shape index (κ1) is 16.6. The first-order valence-corrected chi connectivity index (χ1v) is 8.13. The van der Waals surface area contributed by atoms with Crippen LogP contribution in [0.5, 0.6) is 5.75 Å². The number of halogens is 2. The number of hydrogen-bond donors (Lipinski definition) is 1. The monoisotopic (exact) mass is 439 g/mol. The van der Waals surface area contributed by atoms with Crippen molar-refractivity contribution in [1.29, 1.82) is 0 Å². The van der Waals surface area contributed by atoms with Gasteiger partial charge in [0.15, 0.2) is 0 Å². The van der Waals surface area contributed by atoms with Crippen LogP contribution in [0.25, 0.3) is 6.08 Å². The van der Waals surface area contributed by atoms with Gasteiger partial charge in [-0.1, -0.05) is 11.6 Å². The Labute approximate surface area is 144 Å². The number of carbonyl (C=O) groups is 2. The van der Waals surface area contributed by atoms with Crippen LogP contribution in [-0.2, 0) is 9.53 Å². The van der Waals surface area contributed by atoms with Crippen LogP contribution < -0.4 is 0 Å². The zero-order chi connectivity index (χ0) is 15.6. The minimum atomic E-state index is -0.392. The Kier molecular flexibility index (Phi) is 5.53. The number of methoxy groups -OCH3 is 1. The topological polar surface area (TPSA) is 66.8 Å². The van der Waals surface area contributed by atoms with E-state index in [1.54, 1.807) is 12.1 Å². The number of carbonyl (C=O) groups excluding carboxylic acids is 2. The van der Waals surface area contributed by atoms with Crippen molar-refractivity contribution in [3.8, 4) is 5.75 Å². The van der Waals surface area contributed by atoms with Crippen molar-refractivity contribution in [3.63, 3.8) is 0 Å². The molecule has 0 aromatic heterocycles. The number of ether oxygens (including phenoxy) is 1. The van der Waals surface area contributed by atoms with E-state index in [4.69, 9.17) is 16.3 Å². The third-order valence-electron chi connectivity index (χ3n) is 2.74. The van der Waals surface area contributed by atoms with Gasteiger partial charge in [-0.15, -0.1) is 0 Å². The summed E-state index contributed by atoms with van der Waals surface area (Å²) in [6.07, 6.45) is 1.47. The minimum Gasteiger partial charge on any atom is -0.506 e. The van der Waals surface area contributed by atoms with Crippen LogP contribution in [0.2, 0.25) is 5.02 Å². The van der Waals surface area contributed by atoms with Crippen molar-refractivity contribution >= 4 is 63.2 Å². The molecule has 0 unspecified atom stereocenters. The van der Waals surface area contributed by atoms with E-state index in [-0.39, 0.29) is 29.0 Å². The van der Waals surface area contributed by atoms with E-state index >= 15 is 0 Å². The molecule has 1 N–H and O–H groups in total. The number of imide groups is 1. The van der Waals surface area contributed by atoms with E-state index in [1.807, 2.05) is 22.6 Å². The summed E-state index contributed by atoms with van der Waals surface area (Å²) in [5.41, 5.74) is 0.407. The van der Waals surface area contributed by atoms with Crippen LogP contribution >= 0.6 is 46.0 Å². The highest BCUT2D eigenvalue weighted by Crippen LogP contribution is 2.36. The second-order valence-electron chi connectivity index (χ2n) is 4.15. The Morgan fingerprint density at radius 3 is 2.86 bits per heavy atom. The van der Waals surface area contributed by atoms with Crippen LogP contribution in [-0.4, -0.2) is 41.4 Å². The Balaban J connectivity index is 2.31. The molecule has 0 spiro atoms. The normalized spacial score (nSPS) is 17.1. The molecule has 1 aromatic rings. The van der Waals surface area contributed by atoms with E-state index in [2.05, 4.69) is 0 Å². The van der Waals surface area contributed by atoms with Crippen LogP contribution in [0.15, 0.2) is 17.0 Å². The van der Waals surface area contributed by atoms with Gasteiger partial charge < -0.3 is 9.84 Å². The van der Waals surface area contributed by atoms with Gasteiger partial charge in [0.2, 0.25) is 0 Å². The highest BCUT2D eigenvalue weighted by atomic mass is 127. The third kappa shape index (κ3) is 3.71. The summed E-state index contributed by atoms with van der Waals surface area (Å²) in [5.74, 6) is -0.361.